The number of thioether (sulfide) groups is 1. The summed E-state index contributed by atoms with van der Waals surface area (Å²) < 4.78 is 0. The van der Waals surface area contributed by atoms with Gasteiger partial charge in [0.05, 0.1) is 15.8 Å². The molecule has 1 atom stereocenters. The average molecular weight is 522 g/mol. The van der Waals surface area contributed by atoms with E-state index in [2.05, 4.69) is 17.4 Å². The minimum atomic E-state index is -0.455. The monoisotopic (exact) mass is 520 g/mol. The number of hydrogen-bond acceptors (Lipinski definition) is 3. The first-order valence-electron chi connectivity index (χ1n) is 12.1. The first-order chi connectivity index (χ1) is 16.5. The van der Waals surface area contributed by atoms with Crippen LogP contribution >= 0.6 is 35.0 Å². The van der Waals surface area contributed by atoms with E-state index in [1.807, 2.05) is 37.3 Å². The Balaban J connectivity index is 1.65. The third-order valence-corrected chi connectivity index (χ3v) is 8.03. The molecule has 4 nitrogen and oxygen atoms in total. The van der Waals surface area contributed by atoms with Crippen molar-refractivity contribution in [2.75, 3.05) is 12.3 Å². The Kier molecular flexibility index (Phi) is 11.1. The van der Waals surface area contributed by atoms with Crippen LogP contribution in [0.3, 0.4) is 0 Å². The van der Waals surface area contributed by atoms with Crippen molar-refractivity contribution in [1.82, 2.24) is 10.2 Å². The summed E-state index contributed by atoms with van der Waals surface area (Å²) in [5.74, 6) is 0.930. The quantitative estimate of drug-likeness (QED) is 0.366. The van der Waals surface area contributed by atoms with Crippen LogP contribution in [0.5, 0.6) is 0 Å². The summed E-state index contributed by atoms with van der Waals surface area (Å²) in [6, 6.07) is 15.4. The Hall–Kier alpha value is -1.69. The zero-order valence-corrected chi connectivity index (χ0v) is 22.1. The zero-order valence-electron chi connectivity index (χ0n) is 19.8. The van der Waals surface area contributed by atoms with E-state index in [1.165, 1.54) is 18.2 Å². The molecular weight excluding hydrogens is 487 g/mol. The maximum Gasteiger partial charge on any atom is 0.243 e. The summed E-state index contributed by atoms with van der Waals surface area (Å²) in [6.45, 7) is 2.50. The van der Waals surface area contributed by atoms with Crippen molar-refractivity contribution in [2.45, 2.75) is 69.7 Å². The minimum Gasteiger partial charge on any atom is -0.352 e. The largest absolute Gasteiger partial charge is 0.352 e. The van der Waals surface area contributed by atoms with E-state index in [4.69, 9.17) is 23.2 Å². The van der Waals surface area contributed by atoms with E-state index in [1.54, 1.807) is 11.0 Å². The summed E-state index contributed by atoms with van der Waals surface area (Å²) in [5, 5.41) is 4.27. The van der Waals surface area contributed by atoms with E-state index >= 15 is 0 Å². The van der Waals surface area contributed by atoms with Crippen molar-refractivity contribution in [2.24, 2.45) is 0 Å². The Morgan fingerprint density at radius 2 is 1.76 bits per heavy atom. The number of benzene rings is 2. The van der Waals surface area contributed by atoms with Crippen molar-refractivity contribution < 1.29 is 9.59 Å². The molecule has 1 aliphatic carbocycles. The Morgan fingerprint density at radius 1 is 1.03 bits per heavy atom. The molecule has 0 aromatic heterocycles. The number of carbonyl (C=O) groups is 2. The first-order valence-corrected chi connectivity index (χ1v) is 14.0. The van der Waals surface area contributed by atoms with Crippen molar-refractivity contribution >= 4 is 46.8 Å². The molecular formula is C27H34Cl2N2O2S. The highest BCUT2D eigenvalue weighted by Gasteiger charge is 2.29. The first kappa shape index (κ1) is 26.9. The number of nitrogens with one attached hydrogen (secondary N) is 1. The molecule has 0 aliphatic heterocycles. The molecule has 7 heteroatoms. The molecule has 34 heavy (non-hydrogen) atoms. The zero-order chi connectivity index (χ0) is 24.3. The molecule has 2 amide bonds. The lowest BCUT2D eigenvalue weighted by Gasteiger charge is -2.32. The maximum absolute atomic E-state index is 13.4. The lowest BCUT2D eigenvalue weighted by molar-refractivity contribution is -0.139. The van der Waals surface area contributed by atoms with Crippen LogP contribution in [-0.4, -0.2) is 41.1 Å². The van der Waals surface area contributed by atoms with Gasteiger partial charge in [-0.3, -0.25) is 9.59 Å². The van der Waals surface area contributed by atoms with Crippen LogP contribution in [0.1, 0.15) is 56.6 Å². The predicted molar refractivity (Wildman–Crippen MR) is 144 cm³/mol. The standard InChI is InChI=1S/C27H34Cl2N2O2S/c1-2-25(27(33)30-22-11-7-4-8-12-22)31(16-15-20-9-5-3-6-10-20)26(32)19-34-18-21-13-14-23(28)24(29)17-21/h3,5-6,9-10,13-14,17,22,25H,2,4,7-8,11-12,15-16,18-19H2,1H3,(H,30,33). The van der Waals surface area contributed by atoms with Gasteiger partial charge < -0.3 is 10.2 Å². The fourth-order valence-electron chi connectivity index (χ4n) is 4.41. The summed E-state index contributed by atoms with van der Waals surface area (Å²) >= 11 is 13.7. The average Bonchev–Trinajstić information content (AvgIpc) is 2.85. The second kappa shape index (κ2) is 14.0. The Bertz CT molecular complexity index is 935. The molecule has 184 valence electrons. The van der Waals surface area contributed by atoms with Crippen LogP contribution in [0.15, 0.2) is 48.5 Å². The molecule has 0 spiro atoms. The molecule has 1 unspecified atom stereocenters. The number of nitrogens with zero attached hydrogens (tertiary/aromatic N) is 1. The van der Waals surface area contributed by atoms with Crippen LogP contribution in [0.4, 0.5) is 0 Å². The van der Waals surface area contributed by atoms with E-state index in [-0.39, 0.29) is 17.9 Å². The normalized spacial score (nSPS) is 15.0. The van der Waals surface area contributed by atoms with Crippen LogP contribution in [-0.2, 0) is 21.8 Å². The fourth-order valence-corrected chi connectivity index (χ4v) is 5.59. The van der Waals surface area contributed by atoms with Crippen LogP contribution in [0.2, 0.25) is 10.0 Å². The molecule has 1 N–H and O–H groups in total. The van der Waals surface area contributed by atoms with Crippen molar-refractivity contribution in [3.05, 3.63) is 69.7 Å². The third kappa shape index (κ3) is 8.21. The van der Waals surface area contributed by atoms with Crippen LogP contribution in [0, 0.1) is 0 Å². The van der Waals surface area contributed by atoms with Gasteiger partial charge >= 0.3 is 0 Å². The van der Waals surface area contributed by atoms with Gasteiger partial charge in [0.15, 0.2) is 0 Å². The second-order valence-electron chi connectivity index (χ2n) is 8.83. The number of carbonyl (C=O) groups excluding carboxylic acids is 2. The van der Waals surface area contributed by atoms with Crippen molar-refractivity contribution in [3.8, 4) is 0 Å². The SMILES string of the molecule is CCC(C(=O)NC1CCCCC1)N(CCc1ccccc1)C(=O)CSCc1ccc(Cl)c(Cl)c1. The molecule has 2 aromatic carbocycles. The maximum atomic E-state index is 13.4. The van der Waals surface area contributed by atoms with Gasteiger partial charge in [0.1, 0.15) is 6.04 Å². The number of rotatable bonds is 11. The smallest absolute Gasteiger partial charge is 0.243 e. The molecule has 2 aromatic rings. The summed E-state index contributed by atoms with van der Waals surface area (Å²) in [7, 11) is 0. The van der Waals surface area contributed by atoms with Gasteiger partial charge in [-0.25, -0.2) is 0 Å². The molecule has 1 fully saturated rings. The Labute approximate surface area is 217 Å². The highest BCUT2D eigenvalue weighted by molar-refractivity contribution is 7.99. The second-order valence-corrected chi connectivity index (χ2v) is 10.6. The Morgan fingerprint density at radius 3 is 2.44 bits per heavy atom. The molecule has 0 saturated heterocycles. The molecule has 3 rings (SSSR count). The van der Waals surface area contributed by atoms with E-state index in [0.29, 0.717) is 34.5 Å². The van der Waals surface area contributed by atoms with Gasteiger partial charge in [0.2, 0.25) is 11.8 Å². The highest BCUT2D eigenvalue weighted by atomic mass is 35.5. The van der Waals surface area contributed by atoms with Gasteiger partial charge in [-0.15, -0.1) is 11.8 Å². The van der Waals surface area contributed by atoms with E-state index in [0.717, 1.165) is 43.2 Å². The summed E-state index contributed by atoms with van der Waals surface area (Å²) in [5.41, 5.74) is 2.18. The topological polar surface area (TPSA) is 49.4 Å². The van der Waals surface area contributed by atoms with Gasteiger partial charge in [-0.2, -0.15) is 0 Å². The van der Waals surface area contributed by atoms with Crippen LogP contribution < -0.4 is 5.32 Å². The minimum absolute atomic E-state index is 0.00774. The predicted octanol–water partition coefficient (Wildman–Crippen LogP) is 6.53. The van der Waals surface area contributed by atoms with E-state index in [9.17, 15) is 9.59 Å². The molecule has 0 bridgehead atoms. The molecule has 1 saturated carbocycles. The van der Waals surface area contributed by atoms with Crippen LogP contribution in [0.25, 0.3) is 0 Å². The number of hydrogen-bond donors (Lipinski definition) is 1. The van der Waals surface area contributed by atoms with Crippen molar-refractivity contribution in [3.63, 3.8) is 0 Å². The fraction of sp³-hybridized carbons (Fsp3) is 0.481. The molecule has 0 radical (unpaired) electrons. The van der Waals surface area contributed by atoms with Gasteiger partial charge in [-0.05, 0) is 48.9 Å². The van der Waals surface area contributed by atoms with Crippen molar-refractivity contribution in [1.29, 1.82) is 0 Å². The summed E-state index contributed by atoms with van der Waals surface area (Å²) in [4.78, 5) is 28.4. The molecule has 1 aliphatic rings. The number of halogens is 2. The molecule has 0 heterocycles. The highest BCUT2D eigenvalue weighted by Crippen LogP contribution is 2.25. The van der Waals surface area contributed by atoms with Gasteiger partial charge in [0, 0.05) is 18.3 Å². The third-order valence-electron chi connectivity index (χ3n) is 6.30. The number of amides is 2. The van der Waals surface area contributed by atoms with E-state index < -0.39 is 6.04 Å². The van der Waals surface area contributed by atoms with Gasteiger partial charge in [-0.1, -0.05) is 85.8 Å². The lowest BCUT2D eigenvalue weighted by atomic mass is 9.95. The lowest BCUT2D eigenvalue weighted by Crippen LogP contribution is -2.52. The van der Waals surface area contributed by atoms with Gasteiger partial charge in [0.25, 0.3) is 0 Å². The summed E-state index contributed by atoms with van der Waals surface area (Å²) in [6.07, 6.45) is 6.92.